The van der Waals surface area contributed by atoms with E-state index in [9.17, 15) is 18.0 Å². The normalized spacial score (nSPS) is 15.2. The number of carbonyl (C=O) groups excluding carboxylic acids is 1. The molecule has 0 spiro atoms. The van der Waals surface area contributed by atoms with E-state index >= 15 is 0 Å². The summed E-state index contributed by atoms with van der Waals surface area (Å²) in [6.07, 6.45) is -4.66. The molecule has 152 valence electrons. The summed E-state index contributed by atoms with van der Waals surface area (Å²) in [7, 11) is 0. The van der Waals surface area contributed by atoms with Gasteiger partial charge in [0, 0.05) is 26.2 Å². The van der Waals surface area contributed by atoms with Gasteiger partial charge in [0.1, 0.15) is 6.54 Å². The minimum Gasteiger partial charge on any atom is -0.352 e. The number of aromatic nitrogens is 4. The number of rotatable bonds is 3. The minimum atomic E-state index is -4.66. The van der Waals surface area contributed by atoms with Crippen molar-refractivity contribution in [3.63, 3.8) is 0 Å². The highest BCUT2D eigenvalue weighted by atomic mass is 35.5. The Morgan fingerprint density at radius 3 is 2.32 bits per heavy atom. The molecule has 0 radical (unpaired) electrons. The molecule has 11 heteroatoms. The maximum absolute atomic E-state index is 12.9. The summed E-state index contributed by atoms with van der Waals surface area (Å²) in [6.45, 7) is 6.97. The van der Waals surface area contributed by atoms with E-state index in [1.165, 1.54) is 6.92 Å². The predicted octanol–water partition coefficient (Wildman–Crippen LogP) is 2.62. The summed E-state index contributed by atoms with van der Waals surface area (Å²) in [5.74, 6) is 0.446. The van der Waals surface area contributed by atoms with Crippen LogP contribution in [0.4, 0.5) is 19.0 Å². The Hall–Kier alpha value is -2.36. The van der Waals surface area contributed by atoms with Crippen LogP contribution < -0.4 is 4.90 Å². The van der Waals surface area contributed by atoms with Gasteiger partial charge in [0.15, 0.2) is 11.5 Å². The Kier molecular flexibility index (Phi) is 5.51. The molecule has 2 aromatic heterocycles. The van der Waals surface area contributed by atoms with Crippen molar-refractivity contribution in [2.45, 2.75) is 33.5 Å². The van der Waals surface area contributed by atoms with Gasteiger partial charge in [-0.15, -0.1) is 5.10 Å². The fourth-order valence-corrected chi connectivity index (χ4v) is 3.20. The van der Waals surface area contributed by atoms with Crippen molar-refractivity contribution in [3.8, 4) is 0 Å². The first kappa shape index (κ1) is 20.4. The van der Waals surface area contributed by atoms with Crippen LogP contribution in [0, 0.1) is 20.8 Å². The number of amides is 1. The second kappa shape index (κ2) is 7.57. The van der Waals surface area contributed by atoms with Crippen LogP contribution in [0.2, 0.25) is 5.02 Å². The molecule has 2 aromatic rings. The molecular weight excluding hydrogens is 397 g/mol. The molecule has 0 atom stereocenters. The third kappa shape index (κ3) is 4.06. The molecule has 0 unspecified atom stereocenters. The molecule has 1 saturated heterocycles. The van der Waals surface area contributed by atoms with Crippen LogP contribution in [0.1, 0.15) is 22.6 Å². The van der Waals surface area contributed by atoms with E-state index in [4.69, 9.17) is 11.6 Å². The van der Waals surface area contributed by atoms with Gasteiger partial charge in [0.25, 0.3) is 0 Å². The molecule has 0 saturated carbocycles. The number of halogens is 4. The van der Waals surface area contributed by atoms with Gasteiger partial charge in [-0.05, 0) is 32.4 Å². The van der Waals surface area contributed by atoms with E-state index in [0.717, 1.165) is 21.8 Å². The fraction of sp³-hybridized carbons (Fsp3) is 0.529. The SMILES string of the molecule is Cc1cc(N2CCN(C(=O)Cn3nc(C(F)(F)F)c(Cl)c3C)CC2)nnc1C. The molecule has 1 amide bonds. The maximum atomic E-state index is 12.9. The van der Waals surface area contributed by atoms with E-state index in [1.54, 1.807) is 4.90 Å². The molecule has 7 nitrogen and oxygen atoms in total. The molecule has 1 fully saturated rings. The van der Waals surface area contributed by atoms with Gasteiger partial charge in [0.2, 0.25) is 5.91 Å². The number of anilines is 1. The summed E-state index contributed by atoms with van der Waals surface area (Å²) in [5, 5.41) is 11.3. The Bertz CT molecular complexity index is 890. The number of hydrogen-bond donors (Lipinski definition) is 0. The lowest BCUT2D eigenvalue weighted by atomic mass is 10.2. The number of alkyl halides is 3. The molecule has 0 N–H and O–H groups in total. The van der Waals surface area contributed by atoms with Crippen molar-refractivity contribution in [1.29, 1.82) is 0 Å². The zero-order valence-electron chi connectivity index (χ0n) is 15.7. The molecule has 0 bridgehead atoms. The molecule has 0 aliphatic carbocycles. The zero-order chi connectivity index (χ0) is 20.6. The van der Waals surface area contributed by atoms with Crippen molar-refractivity contribution in [1.82, 2.24) is 24.9 Å². The summed E-state index contributed by atoms with van der Waals surface area (Å²) in [4.78, 5) is 16.2. The van der Waals surface area contributed by atoms with E-state index in [0.29, 0.717) is 26.2 Å². The van der Waals surface area contributed by atoms with E-state index in [2.05, 4.69) is 15.3 Å². The van der Waals surface area contributed by atoms with Crippen LogP contribution in [-0.2, 0) is 17.5 Å². The molecular formula is C17H20ClF3N6O. The minimum absolute atomic E-state index is 0.117. The van der Waals surface area contributed by atoms with Crippen LogP contribution in [0.15, 0.2) is 6.07 Å². The lowest BCUT2D eigenvalue weighted by molar-refractivity contribution is -0.142. The zero-order valence-corrected chi connectivity index (χ0v) is 16.5. The van der Waals surface area contributed by atoms with Gasteiger partial charge in [-0.25, -0.2) is 0 Å². The lowest BCUT2D eigenvalue weighted by Crippen LogP contribution is -2.50. The number of carbonyl (C=O) groups is 1. The Balaban J connectivity index is 1.64. The largest absolute Gasteiger partial charge is 0.436 e. The number of piperazine rings is 1. The predicted molar refractivity (Wildman–Crippen MR) is 97.3 cm³/mol. The van der Waals surface area contributed by atoms with E-state index in [1.807, 2.05) is 24.8 Å². The summed E-state index contributed by atoms with van der Waals surface area (Å²) < 4.78 is 39.8. The molecule has 1 aliphatic heterocycles. The lowest BCUT2D eigenvalue weighted by Gasteiger charge is -2.35. The van der Waals surface area contributed by atoms with Crippen LogP contribution >= 0.6 is 11.6 Å². The Morgan fingerprint density at radius 1 is 1.14 bits per heavy atom. The van der Waals surface area contributed by atoms with Crippen molar-refractivity contribution in [3.05, 3.63) is 33.7 Å². The topological polar surface area (TPSA) is 67.2 Å². The van der Waals surface area contributed by atoms with Crippen LogP contribution in [0.3, 0.4) is 0 Å². The fourth-order valence-electron chi connectivity index (χ4n) is 2.96. The first-order valence-corrected chi connectivity index (χ1v) is 9.09. The standard InChI is InChI=1S/C17H20ClF3N6O/c1-10-8-13(23-22-11(10)2)25-4-6-26(7-5-25)14(28)9-27-12(3)15(18)16(24-27)17(19,20)21/h8H,4-7,9H2,1-3H3. The highest BCUT2D eigenvalue weighted by Crippen LogP contribution is 2.35. The monoisotopic (exact) mass is 416 g/mol. The Labute approximate surface area is 165 Å². The molecule has 3 heterocycles. The van der Waals surface area contributed by atoms with Crippen LogP contribution in [0.5, 0.6) is 0 Å². The van der Waals surface area contributed by atoms with E-state index in [-0.39, 0.29) is 18.1 Å². The summed E-state index contributed by atoms with van der Waals surface area (Å²) in [6, 6.07) is 1.95. The van der Waals surface area contributed by atoms with E-state index < -0.39 is 16.9 Å². The third-order valence-electron chi connectivity index (χ3n) is 4.86. The summed E-state index contributed by atoms with van der Waals surface area (Å²) >= 11 is 5.73. The van der Waals surface area contributed by atoms with Gasteiger partial charge in [0.05, 0.1) is 16.4 Å². The second-order valence-electron chi connectivity index (χ2n) is 6.74. The molecule has 1 aliphatic rings. The Morgan fingerprint density at radius 2 is 1.79 bits per heavy atom. The van der Waals surface area contributed by atoms with Crippen molar-refractivity contribution >= 4 is 23.3 Å². The maximum Gasteiger partial charge on any atom is 0.436 e. The smallest absolute Gasteiger partial charge is 0.352 e. The van der Waals surface area contributed by atoms with Gasteiger partial charge < -0.3 is 9.80 Å². The van der Waals surface area contributed by atoms with Gasteiger partial charge in [-0.2, -0.15) is 23.4 Å². The molecule has 28 heavy (non-hydrogen) atoms. The summed E-state index contributed by atoms with van der Waals surface area (Å²) in [5.41, 5.74) is 0.850. The van der Waals surface area contributed by atoms with Crippen molar-refractivity contribution in [2.24, 2.45) is 0 Å². The van der Waals surface area contributed by atoms with Gasteiger partial charge in [-0.3, -0.25) is 9.48 Å². The molecule has 0 aromatic carbocycles. The van der Waals surface area contributed by atoms with Crippen molar-refractivity contribution in [2.75, 3.05) is 31.1 Å². The first-order valence-electron chi connectivity index (χ1n) is 8.71. The van der Waals surface area contributed by atoms with Gasteiger partial charge in [-0.1, -0.05) is 11.6 Å². The first-order chi connectivity index (χ1) is 13.1. The second-order valence-corrected chi connectivity index (χ2v) is 7.12. The van der Waals surface area contributed by atoms with Crippen LogP contribution in [-0.4, -0.2) is 57.0 Å². The number of aryl methyl sites for hydroxylation is 2. The average molecular weight is 417 g/mol. The third-order valence-corrected chi connectivity index (χ3v) is 5.31. The highest BCUT2D eigenvalue weighted by Gasteiger charge is 2.38. The van der Waals surface area contributed by atoms with Gasteiger partial charge >= 0.3 is 6.18 Å². The van der Waals surface area contributed by atoms with Crippen LogP contribution in [0.25, 0.3) is 0 Å². The number of hydrogen-bond acceptors (Lipinski definition) is 5. The number of nitrogens with zero attached hydrogens (tertiary/aromatic N) is 6. The molecule has 3 rings (SSSR count). The van der Waals surface area contributed by atoms with Crippen molar-refractivity contribution < 1.29 is 18.0 Å². The highest BCUT2D eigenvalue weighted by molar-refractivity contribution is 6.32. The average Bonchev–Trinajstić information content (AvgIpc) is 2.92. The quantitative estimate of drug-likeness (QED) is 0.769.